The van der Waals surface area contributed by atoms with Crippen LogP contribution < -0.4 is 15.4 Å². The summed E-state index contributed by atoms with van der Waals surface area (Å²) in [7, 11) is 0. The Bertz CT molecular complexity index is 1460. The largest absolute Gasteiger partial charge is 0.492 e. The number of halogens is 1. The smallest absolute Gasteiger partial charge is 0.221 e. The zero-order chi connectivity index (χ0) is 26.6. The quantitative estimate of drug-likeness (QED) is 0.258. The van der Waals surface area contributed by atoms with E-state index in [1.54, 1.807) is 0 Å². The van der Waals surface area contributed by atoms with Crippen molar-refractivity contribution in [2.75, 3.05) is 18.5 Å². The second-order valence-electron chi connectivity index (χ2n) is 10.3. The Hall–Kier alpha value is -3.41. The molecule has 1 amide bonds. The molecule has 1 saturated heterocycles. The molecule has 0 radical (unpaired) electrons. The van der Waals surface area contributed by atoms with E-state index in [1.165, 1.54) is 37.3 Å². The number of aryl methyl sites for hydroxylation is 2. The molecule has 1 fully saturated rings. The van der Waals surface area contributed by atoms with Gasteiger partial charge in [-0.05, 0) is 75.0 Å². The van der Waals surface area contributed by atoms with Gasteiger partial charge in [0.05, 0.1) is 17.1 Å². The highest BCUT2D eigenvalue weighted by Gasteiger charge is 2.18. The lowest BCUT2D eigenvalue weighted by molar-refractivity contribution is -0.114. The van der Waals surface area contributed by atoms with Crippen LogP contribution in [0.15, 0.2) is 60.8 Å². The van der Waals surface area contributed by atoms with Crippen LogP contribution >= 0.6 is 11.6 Å². The van der Waals surface area contributed by atoms with E-state index in [0.717, 1.165) is 57.6 Å². The molecule has 2 heterocycles. The van der Waals surface area contributed by atoms with Crippen molar-refractivity contribution >= 4 is 34.1 Å². The van der Waals surface area contributed by atoms with E-state index in [2.05, 4.69) is 48.7 Å². The number of anilines is 1. The number of nitrogens with one attached hydrogen (secondary N) is 2. The number of carbonyl (C=O) groups excluding carboxylic acids is 1. The van der Waals surface area contributed by atoms with E-state index >= 15 is 0 Å². The number of nitrogens with zero attached hydrogens (tertiary/aromatic N) is 1. The van der Waals surface area contributed by atoms with Gasteiger partial charge in [-0.3, -0.25) is 9.78 Å². The number of piperidine rings is 1. The molecule has 4 aromatic rings. The maximum atomic E-state index is 11.6. The molecule has 0 spiro atoms. The molecule has 1 aromatic heterocycles. The minimum Gasteiger partial charge on any atom is -0.492 e. The zero-order valence-electron chi connectivity index (χ0n) is 22.2. The van der Waals surface area contributed by atoms with Gasteiger partial charge in [-0.2, -0.15) is 0 Å². The van der Waals surface area contributed by atoms with Gasteiger partial charge in [0.25, 0.3) is 0 Å². The summed E-state index contributed by atoms with van der Waals surface area (Å²) in [5.41, 5.74) is 7.75. The van der Waals surface area contributed by atoms with Crippen molar-refractivity contribution in [1.29, 1.82) is 0 Å². The van der Waals surface area contributed by atoms with Gasteiger partial charge in [0, 0.05) is 41.4 Å². The number of hydrogen-bond donors (Lipinski definition) is 2. The third kappa shape index (κ3) is 6.01. The van der Waals surface area contributed by atoms with Crippen LogP contribution in [-0.2, 0) is 4.79 Å². The summed E-state index contributed by atoms with van der Waals surface area (Å²) >= 11 is 6.78. The monoisotopic (exact) mass is 527 g/mol. The average Bonchev–Trinajstić information content (AvgIpc) is 2.88. The Labute approximate surface area is 229 Å². The standard InChI is InChI=1S/C32H34ClN3O2/c1-20-13-21(2)15-24(14-20)29-19-35-31-18-30(33)27(23-7-6-9-26(16-23)36-22(3)37)17-28(31)32(29)38-12-10-25-8-4-5-11-34-25/h6-7,9,13-19,25,34H,4-5,8,10-12H2,1-3H3,(H,36,37). The predicted molar refractivity (Wildman–Crippen MR) is 157 cm³/mol. The lowest BCUT2D eigenvalue weighted by atomic mass is 9.97. The lowest BCUT2D eigenvalue weighted by Crippen LogP contribution is -2.35. The summed E-state index contributed by atoms with van der Waals surface area (Å²) < 4.78 is 6.61. The third-order valence-electron chi connectivity index (χ3n) is 7.06. The van der Waals surface area contributed by atoms with Crippen molar-refractivity contribution in [2.24, 2.45) is 0 Å². The number of ether oxygens (including phenoxy) is 1. The van der Waals surface area contributed by atoms with Crippen LogP contribution in [0.5, 0.6) is 5.75 Å². The van der Waals surface area contributed by atoms with Crippen LogP contribution in [0.25, 0.3) is 33.2 Å². The highest BCUT2D eigenvalue weighted by atomic mass is 35.5. The second-order valence-corrected chi connectivity index (χ2v) is 10.7. The first-order valence-electron chi connectivity index (χ1n) is 13.3. The molecule has 1 unspecified atom stereocenters. The summed E-state index contributed by atoms with van der Waals surface area (Å²) in [6.45, 7) is 7.42. The topological polar surface area (TPSA) is 63.2 Å². The average molecular weight is 528 g/mol. The number of pyridine rings is 1. The van der Waals surface area contributed by atoms with E-state index in [9.17, 15) is 4.79 Å². The fraction of sp³-hybridized carbons (Fsp3) is 0.312. The Morgan fingerprint density at radius 2 is 1.87 bits per heavy atom. The molecule has 3 aromatic carbocycles. The second kappa shape index (κ2) is 11.5. The van der Waals surface area contributed by atoms with Gasteiger partial charge in [-0.25, -0.2) is 0 Å². The first-order chi connectivity index (χ1) is 18.4. The first kappa shape index (κ1) is 26.2. The van der Waals surface area contributed by atoms with Gasteiger partial charge in [0.1, 0.15) is 5.75 Å². The van der Waals surface area contributed by atoms with Crippen molar-refractivity contribution in [3.05, 3.63) is 76.9 Å². The number of rotatable bonds is 7. The summed E-state index contributed by atoms with van der Waals surface area (Å²) in [6.07, 6.45) is 6.56. The molecular weight excluding hydrogens is 494 g/mol. The van der Waals surface area contributed by atoms with Gasteiger partial charge in [0.2, 0.25) is 5.91 Å². The van der Waals surface area contributed by atoms with Crippen molar-refractivity contribution < 1.29 is 9.53 Å². The van der Waals surface area contributed by atoms with Gasteiger partial charge < -0.3 is 15.4 Å². The number of carbonyl (C=O) groups is 1. The SMILES string of the molecule is CC(=O)Nc1cccc(-c2cc3c(OCCC4CCCCN4)c(-c4cc(C)cc(C)c4)cnc3cc2Cl)c1. The van der Waals surface area contributed by atoms with Gasteiger partial charge in [0.15, 0.2) is 0 Å². The minimum atomic E-state index is -0.114. The van der Waals surface area contributed by atoms with Crippen LogP contribution in [0.1, 0.15) is 43.7 Å². The number of fused-ring (bicyclic) bond motifs is 1. The number of amides is 1. The molecule has 5 rings (SSSR count). The van der Waals surface area contributed by atoms with Crippen LogP contribution in [0.2, 0.25) is 5.02 Å². The molecule has 2 N–H and O–H groups in total. The maximum Gasteiger partial charge on any atom is 0.221 e. The Kier molecular flexibility index (Phi) is 7.96. The highest BCUT2D eigenvalue weighted by molar-refractivity contribution is 6.34. The molecule has 1 atom stereocenters. The van der Waals surface area contributed by atoms with Crippen LogP contribution in [-0.4, -0.2) is 30.1 Å². The fourth-order valence-corrected chi connectivity index (χ4v) is 5.61. The Morgan fingerprint density at radius 1 is 1.05 bits per heavy atom. The van der Waals surface area contributed by atoms with Crippen molar-refractivity contribution in [2.45, 2.75) is 52.5 Å². The molecular formula is C32H34ClN3O2. The molecule has 38 heavy (non-hydrogen) atoms. The summed E-state index contributed by atoms with van der Waals surface area (Å²) in [5.74, 6) is 0.712. The minimum absolute atomic E-state index is 0.114. The summed E-state index contributed by atoms with van der Waals surface area (Å²) in [4.78, 5) is 16.4. The third-order valence-corrected chi connectivity index (χ3v) is 7.37. The molecule has 1 aliphatic heterocycles. The molecule has 0 aliphatic carbocycles. The zero-order valence-corrected chi connectivity index (χ0v) is 23.0. The van der Waals surface area contributed by atoms with Crippen molar-refractivity contribution in [1.82, 2.24) is 10.3 Å². The molecule has 5 nitrogen and oxygen atoms in total. The van der Waals surface area contributed by atoms with Crippen LogP contribution in [0.4, 0.5) is 5.69 Å². The van der Waals surface area contributed by atoms with E-state index in [1.807, 2.05) is 36.5 Å². The Balaban J connectivity index is 1.60. The van der Waals surface area contributed by atoms with E-state index in [4.69, 9.17) is 21.3 Å². The number of hydrogen-bond acceptors (Lipinski definition) is 4. The summed E-state index contributed by atoms with van der Waals surface area (Å²) in [6, 6.07) is 18.7. The predicted octanol–water partition coefficient (Wildman–Crippen LogP) is 7.71. The molecule has 196 valence electrons. The molecule has 0 saturated carbocycles. The van der Waals surface area contributed by atoms with E-state index < -0.39 is 0 Å². The first-order valence-corrected chi connectivity index (χ1v) is 13.7. The van der Waals surface area contributed by atoms with Crippen molar-refractivity contribution in [3.8, 4) is 28.0 Å². The molecule has 1 aliphatic rings. The fourth-order valence-electron chi connectivity index (χ4n) is 5.34. The maximum absolute atomic E-state index is 11.6. The number of aromatic nitrogens is 1. The van der Waals surface area contributed by atoms with E-state index in [0.29, 0.717) is 17.7 Å². The lowest BCUT2D eigenvalue weighted by Gasteiger charge is -2.24. The highest BCUT2D eigenvalue weighted by Crippen LogP contribution is 2.41. The molecule has 6 heteroatoms. The van der Waals surface area contributed by atoms with Gasteiger partial charge >= 0.3 is 0 Å². The Morgan fingerprint density at radius 3 is 2.61 bits per heavy atom. The van der Waals surface area contributed by atoms with Crippen molar-refractivity contribution in [3.63, 3.8) is 0 Å². The molecule has 0 bridgehead atoms. The number of benzene rings is 3. The van der Waals surface area contributed by atoms with Gasteiger partial charge in [-0.15, -0.1) is 0 Å². The van der Waals surface area contributed by atoms with Crippen LogP contribution in [0, 0.1) is 13.8 Å². The van der Waals surface area contributed by atoms with E-state index in [-0.39, 0.29) is 5.91 Å². The summed E-state index contributed by atoms with van der Waals surface area (Å²) in [5, 5.41) is 8.00. The normalized spacial score (nSPS) is 15.4. The van der Waals surface area contributed by atoms with Gasteiger partial charge in [-0.1, -0.05) is 59.5 Å². The van der Waals surface area contributed by atoms with Crippen LogP contribution in [0.3, 0.4) is 0 Å².